The maximum absolute atomic E-state index is 13.4. The molecule has 2 aliphatic rings. The van der Waals surface area contributed by atoms with E-state index in [1.165, 1.54) is 6.92 Å². The molecule has 2 nitrogen and oxygen atoms in total. The molecular weight excluding hydrogens is 303 g/mol. The van der Waals surface area contributed by atoms with E-state index >= 15 is 0 Å². The Morgan fingerprint density at radius 2 is 1.87 bits per heavy atom. The van der Waals surface area contributed by atoms with E-state index in [0.717, 1.165) is 6.08 Å². The second-order valence-corrected chi connectivity index (χ2v) is 5.58. The molecule has 1 aliphatic heterocycles. The van der Waals surface area contributed by atoms with Crippen molar-refractivity contribution < 1.29 is 18.0 Å². The van der Waals surface area contributed by atoms with Gasteiger partial charge in [-0.3, -0.25) is 4.79 Å². The van der Waals surface area contributed by atoms with Crippen molar-refractivity contribution in [1.29, 1.82) is 0 Å². The lowest BCUT2D eigenvalue weighted by molar-refractivity contribution is -0.113. The topological polar surface area (TPSA) is 29.4 Å². The number of rotatable bonds is 2. The summed E-state index contributed by atoms with van der Waals surface area (Å²) < 4.78 is 40.3. The van der Waals surface area contributed by atoms with Crippen molar-refractivity contribution in [3.8, 4) is 0 Å². The van der Waals surface area contributed by atoms with Crippen LogP contribution in [0.5, 0.6) is 0 Å². The zero-order valence-electron chi connectivity index (χ0n) is 12.4. The van der Waals surface area contributed by atoms with Gasteiger partial charge < -0.3 is 0 Å². The summed E-state index contributed by atoms with van der Waals surface area (Å²) in [4.78, 5) is 15.5. The number of carbonyl (C=O) groups is 1. The molecule has 0 aromatic heterocycles. The van der Waals surface area contributed by atoms with Gasteiger partial charge in [-0.1, -0.05) is 36.4 Å². The first kappa shape index (κ1) is 15.5. The Bertz CT molecular complexity index is 767. The van der Waals surface area contributed by atoms with Gasteiger partial charge in [-0.05, 0) is 23.3 Å². The van der Waals surface area contributed by atoms with E-state index in [4.69, 9.17) is 0 Å². The lowest BCUT2D eigenvalue weighted by atomic mass is 9.94. The number of ketones is 1. The zero-order chi connectivity index (χ0) is 16.6. The first-order valence-corrected chi connectivity index (χ1v) is 7.21. The van der Waals surface area contributed by atoms with Crippen LogP contribution >= 0.6 is 0 Å². The number of Topliss-reactive ketones (excluding diaryl/α,β-unsaturated/α-hetero) is 1. The Kier molecular flexibility index (Phi) is 3.80. The van der Waals surface area contributed by atoms with Gasteiger partial charge in [-0.15, -0.1) is 0 Å². The van der Waals surface area contributed by atoms with Gasteiger partial charge in [0.15, 0.2) is 5.78 Å². The fraction of sp³-hybridized carbons (Fsp3) is 0.222. The largest absolute Gasteiger partial charge is 0.418 e. The van der Waals surface area contributed by atoms with E-state index in [1.807, 2.05) is 6.07 Å². The van der Waals surface area contributed by atoms with Crippen LogP contribution in [0.25, 0.3) is 5.57 Å². The highest BCUT2D eigenvalue weighted by Gasteiger charge is 2.39. The molecule has 1 heterocycles. The molecule has 0 amide bonds. The Hall–Kier alpha value is -2.43. The third kappa shape index (κ3) is 3.18. The second-order valence-electron chi connectivity index (χ2n) is 5.58. The molecule has 0 spiro atoms. The molecule has 1 atom stereocenters. The number of halogens is 3. The summed E-state index contributed by atoms with van der Waals surface area (Å²) in [7, 11) is 0. The Labute approximate surface area is 131 Å². The average Bonchev–Trinajstić information content (AvgIpc) is 2.63. The molecule has 5 heteroatoms. The normalized spacial score (nSPS) is 20.8. The molecule has 0 saturated heterocycles. The summed E-state index contributed by atoms with van der Waals surface area (Å²) in [5.74, 6) is -0.599. The molecule has 1 unspecified atom stereocenters. The lowest BCUT2D eigenvalue weighted by Crippen LogP contribution is -2.23. The predicted molar refractivity (Wildman–Crippen MR) is 82.9 cm³/mol. The van der Waals surface area contributed by atoms with E-state index in [-0.39, 0.29) is 29.5 Å². The maximum Gasteiger partial charge on any atom is 0.418 e. The summed E-state index contributed by atoms with van der Waals surface area (Å²) in [6.07, 6.45) is 0.179. The number of aliphatic imine (C=N–C) groups is 1. The molecule has 0 radical (unpaired) electrons. The number of hydrogen-bond acceptors (Lipinski definition) is 2. The van der Waals surface area contributed by atoms with E-state index in [1.54, 1.807) is 36.4 Å². The molecule has 1 aromatic carbocycles. The fourth-order valence-electron chi connectivity index (χ4n) is 2.76. The summed E-state index contributed by atoms with van der Waals surface area (Å²) in [6.45, 7) is 1.31. The van der Waals surface area contributed by atoms with Crippen molar-refractivity contribution in [1.82, 2.24) is 0 Å². The summed E-state index contributed by atoms with van der Waals surface area (Å²) in [5.41, 5.74) is 0.450. The van der Waals surface area contributed by atoms with Crippen LogP contribution in [-0.4, -0.2) is 17.7 Å². The molecule has 23 heavy (non-hydrogen) atoms. The third-order valence-electron chi connectivity index (χ3n) is 3.83. The van der Waals surface area contributed by atoms with Crippen molar-refractivity contribution in [2.75, 3.05) is 0 Å². The smallest absolute Gasteiger partial charge is 0.293 e. The summed E-state index contributed by atoms with van der Waals surface area (Å²) in [5, 5.41) is 0. The van der Waals surface area contributed by atoms with Crippen LogP contribution in [0.2, 0.25) is 0 Å². The van der Waals surface area contributed by atoms with Gasteiger partial charge in [0.25, 0.3) is 0 Å². The molecule has 0 saturated carbocycles. The molecule has 118 valence electrons. The van der Waals surface area contributed by atoms with Gasteiger partial charge in [0.05, 0.1) is 11.3 Å². The monoisotopic (exact) mass is 317 g/mol. The van der Waals surface area contributed by atoms with Crippen LogP contribution in [0.15, 0.2) is 64.8 Å². The highest BCUT2D eigenvalue weighted by atomic mass is 19.4. The molecule has 0 N–H and O–H groups in total. The fourth-order valence-corrected chi connectivity index (χ4v) is 2.76. The molecule has 1 aromatic rings. The highest BCUT2D eigenvalue weighted by Crippen LogP contribution is 2.37. The number of allylic oxidation sites excluding steroid dienone is 6. The number of nitrogens with zero attached hydrogens (tertiary/aromatic N) is 1. The predicted octanol–water partition coefficient (Wildman–Crippen LogP) is 4.51. The van der Waals surface area contributed by atoms with Crippen LogP contribution in [0, 0.1) is 5.92 Å². The SMILES string of the molecule is CC(=O)C1=CC2C=C(c3ccccc3)C=C(C(F)(F)F)C(=N1)C2. The minimum Gasteiger partial charge on any atom is -0.293 e. The maximum atomic E-state index is 13.4. The van der Waals surface area contributed by atoms with Crippen LogP contribution in [0.3, 0.4) is 0 Å². The molecule has 1 aliphatic carbocycles. The van der Waals surface area contributed by atoms with Gasteiger partial charge in [-0.2, -0.15) is 13.2 Å². The second kappa shape index (κ2) is 5.65. The van der Waals surface area contributed by atoms with E-state index in [0.29, 0.717) is 11.1 Å². The van der Waals surface area contributed by atoms with E-state index < -0.39 is 11.7 Å². The van der Waals surface area contributed by atoms with Gasteiger partial charge in [0.1, 0.15) is 5.70 Å². The van der Waals surface area contributed by atoms with E-state index in [9.17, 15) is 18.0 Å². The van der Waals surface area contributed by atoms with Crippen molar-refractivity contribution >= 4 is 17.1 Å². The number of alkyl halides is 3. The van der Waals surface area contributed by atoms with Gasteiger partial charge in [0.2, 0.25) is 0 Å². The van der Waals surface area contributed by atoms with Crippen molar-refractivity contribution in [3.05, 3.63) is 65.4 Å². The Morgan fingerprint density at radius 3 is 2.48 bits per heavy atom. The van der Waals surface area contributed by atoms with Crippen molar-refractivity contribution in [3.63, 3.8) is 0 Å². The zero-order valence-corrected chi connectivity index (χ0v) is 12.4. The van der Waals surface area contributed by atoms with Gasteiger partial charge >= 0.3 is 6.18 Å². The van der Waals surface area contributed by atoms with Crippen LogP contribution in [0.1, 0.15) is 18.9 Å². The van der Waals surface area contributed by atoms with Crippen LogP contribution < -0.4 is 0 Å². The van der Waals surface area contributed by atoms with Gasteiger partial charge in [-0.25, -0.2) is 4.99 Å². The average molecular weight is 317 g/mol. The summed E-state index contributed by atoms with van der Waals surface area (Å²) in [6, 6.07) is 8.91. The third-order valence-corrected chi connectivity index (χ3v) is 3.83. The molecular formula is C18H14F3NO. The van der Waals surface area contributed by atoms with Crippen LogP contribution in [0.4, 0.5) is 13.2 Å². The molecule has 2 bridgehead atoms. The summed E-state index contributed by atoms with van der Waals surface area (Å²) >= 11 is 0. The van der Waals surface area contributed by atoms with E-state index in [2.05, 4.69) is 4.99 Å². The van der Waals surface area contributed by atoms with Crippen molar-refractivity contribution in [2.45, 2.75) is 19.5 Å². The first-order chi connectivity index (χ1) is 10.8. The van der Waals surface area contributed by atoms with Gasteiger partial charge in [0, 0.05) is 19.3 Å². The quantitative estimate of drug-likeness (QED) is 0.789. The standard InChI is InChI=1S/C18H14F3NO/c1-11(23)16-8-12-7-14(13-5-3-2-4-6-13)10-15(18(19,20)21)17(9-12)22-16/h2-8,10,12H,9H2,1H3. The number of hydrogen-bond donors (Lipinski definition) is 0. The Balaban J connectivity index is 2.18. The number of carbonyl (C=O) groups excluding carboxylic acids is 1. The number of benzene rings is 1. The minimum absolute atomic E-state index is 0.0719. The molecule has 0 fully saturated rings. The minimum atomic E-state index is -4.51. The number of fused-ring (bicyclic) bond motifs is 2. The molecule has 3 rings (SSSR count). The van der Waals surface area contributed by atoms with Crippen LogP contribution in [-0.2, 0) is 4.79 Å². The van der Waals surface area contributed by atoms with Crippen molar-refractivity contribution in [2.24, 2.45) is 10.9 Å². The highest BCUT2D eigenvalue weighted by molar-refractivity contribution is 6.09. The lowest BCUT2D eigenvalue weighted by Gasteiger charge is -2.19. The first-order valence-electron chi connectivity index (χ1n) is 7.21. The Morgan fingerprint density at radius 1 is 1.17 bits per heavy atom.